The van der Waals surface area contributed by atoms with Crippen LogP contribution in [-0.4, -0.2) is 31.7 Å². The summed E-state index contributed by atoms with van der Waals surface area (Å²) in [5, 5.41) is 8.25. The number of hydrogen-bond acceptors (Lipinski definition) is 4. The molecule has 1 aromatic rings. The van der Waals surface area contributed by atoms with Gasteiger partial charge in [0, 0.05) is 24.8 Å². The molecular weight excluding hydrogens is 323 g/mol. The molecule has 0 spiro atoms. The van der Waals surface area contributed by atoms with E-state index in [1.807, 2.05) is 6.07 Å². The predicted molar refractivity (Wildman–Crippen MR) is 89.8 cm³/mol. The lowest BCUT2D eigenvalue weighted by molar-refractivity contribution is -0.119. The van der Waals surface area contributed by atoms with Crippen molar-refractivity contribution in [1.29, 1.82) is 0 Å². The predicted octanol–water partition coefficient (Wildman–Crippen LogP) is 3.69. The molecule has 1 N–H and O–H groups in total. The third-order valence-electron chi connectivity index (χ3n) is 3.77. The summed E-state index contributed by atoms with van der Waals surface area (Å²) in [5.41, 5.74) is 1.53. The van der Waals surface area contributed by atoms with Gasteiger partial charge < -0.3 is 10.2 Å². The number of halogens is 2. The van der Waals surface area contributed by atoms with Gasteiger partial charge in [-0.2, -0.15) is 0 Å². The minimum atomic E-state index is 0.262. The second-order valence-electron chi connectivity index (χ2n) is 5.45. The van der Waals surface area contributed by atoms with Crippen LogP contribution >= 0.6 is 23.2 Å². The lowest BCUT2D eigenvalue weighted by Crippen LogP contribution is -2.14. The quantitative estimate of drug-likeness (QED) is 0.607. The van der Waals surface area contributed by atoms with Crippen molar-refractivity contribution < 1.29 is 9.63 Å². The Hall–Kier alpha value is -1.10. The van der Waals surface area contributed by atoms with Crippen molar-refractivity contribution in [3.05, 3.63) is 33.8 Å². The fourth-order valence-electron chi connectivity index (χ4n) is 2.60. The van der Waals surface area contributed by atoms with Gasteiger partial charge in [-0.15, -0.1) is 0 Å². The number of carbonyl (C=O) groups excluding carboxylic acids is 1. The van der Waals surface area contributed by atoms with Crippen LogP contribution in [0.1, 0.15) is 31.2 Å². The molecule has 0 saturated carbocycles. The monoisotopic (exact) mass is 342 g/mol. The van der Waals surface area contributed by atoms with Gasteiger partial charge in [0.2, 0.25) is 0 Å². The van der Waals surface area contributed by atoms with E-state index in [1.165, 1.54) is 7.11 Å². The van der Waals surface area contributed by atoms with Crippen LogP contribution in [0.5, 0.6) is 0 Å². The molecule has 120 valence electrons. The number of benzene rings is 1. The maximum Gasteiger partial charge on any atom is 0.133 e. The second-order valence-corrected chi connectivity index (χ2v) is 6.27. The number of rotatable bonds is 7. The van der Waals surface area contributed by atoms with Gasteiger partial charge in [-0.3, -0.25) is 4.79 Å². The van der Waals surface area contributed by atoms with Crippen molar-refractivity contribution in [2.45, 2.75) is 25.7 Å². The largest absolute Gasteiger partial charge is 0.399 e. The highest BCUT2D eigenvalue weighted by Gasteiger charge is 2.18. The van der Waals surface area contributed by atoms with Crippen LogP contribution < -0.4 is 5.32 Å². The Morgan fingerprint density at radius 1 is 1.36 bits per heavy atom. The van der Waals surface area contributed by atoms with Crippen molar-refractivity contribution in [3.63, 3.8) is 0 Å². The van der Waals surface area contributed by atoms with Gasteiger partial charge in [-0.25, -0.2) is 0 Å². The average Bonchev–Trinajstić information content (AvgIpc) is 2.99. The summed E-state index contributed by atoms with van der Waals surface area (Å²) in [6.45, 7) is 1.95. The molecule has 1 aliphatic heterocycles. The second kappa shape index (κ2) is 8.51. The van der Waals surface area contributed by atoms with E-state index in [0.717, 1.165) is 25.1 Å². The highest BCUT2D eigenvalue weighted by Crippen LogP contribution is 2.24. The highest BCUT2D eigenvalue weighted by molar-refractivity contribution is 6.42. The van der Waals surface area contributed by atoms with E-state index in [1.54, 1.807) is 12.1 Å². The van der Waals surface area contributed by atoms with Crippen LogP contribution in [0.25, 0.3) is 0 Å². The summed E-state index contributed by atoms with van der Waals surface area (Å²) in [5.74, 6) is 0.734. The van der Waals surface area contributed by atoms with E-state index < -0.39 is 0 Å². The van der Waals surface area contributed by atoms with E-state index in [2.05, 4.69) is 10.5 Å². The van der Waals surface area contributed by atoms with Crippen LogP contribution in [0.3, 0.4) is 0 Å². The van der Waals surface area contributed by atoms with Crippen LogP contribution in [0, 0.1) is 5.92 Å². The van der Waals surface area contributed by atoms with Crippen molar-refractivity contribution in [1.82, 2.24) is 5.32 Å². The van der Waals surface area contributed by atoms with Crippen molar-refractivity contribution in [3.8, 4) is 0 Å². The number of oxime groups is 1. The molecule has 1 atom stereocenters. The molecule has 0 aliphatic carbocycles. The van der Waals surface area contributed by atoms with Gasteiger partial charge in [0.25, 0.3) is 0 Å². The first kappa shape index (κ1) is 17.3. The molecule has 6 heteroatoms. The average molecular weight is 343 g/mol. The first-order chi connectivity index (χ1) is 10.6. The number of nitrogens with one attached hydrogen (secondary N) is 1. The van der Waals surface area contributed by atoms with Crippen molar-refractivity contribution >= 4 is 34.7 Å². The Morgan fingerprint density at radius 3 is 2.82 bits per heavy atom. The van der Waals surface area contributed by atoms with E-state index in [0.29, 0.717) is 40.9 Å². The van der Waals surface area contributed by atoms with Crippen molar-refractivity contribution in [2.75, 3.05) is 20.2 Å². The van der Waals surface area contributed by atoms with E-state index in [9.17, 15) is 4.79 Å². The van der Waals surface area contributed by atoms with Crippen LogP contribution in [0.2, 0.25) is 10.0 Å². The van der Waals surface area contributed by atoms with E-state index in [-0.39, 0.29) is 5.78 Å². The molecule has 4 nitrogen and oxygen atoms in total. The third-order valence-corrected chi connectivity index (χ3v) is 4.51. The molecule has 2 rings (SSSR count). The van der Waals surface area contributed by atoms with Gasteiger partial charge in [0.1, 0.15) is 12.9 Å². The number of carbonyl (C=O) groups is 1. The SMILES string of the molecule is CO/N=C(\CCC(=O)CC1CCNC1)c1ccc(Cl)c(Cl)c1. The molecule has 1 aromatic carbocycles. The molecule has 1 aliphatic rings. The molecule has 1 unspecified atom stereocenters. The van der Waals surface area contributed by atoms with Gasteiger partial charge in [0.05, 0.1) is 15.8 Å². The Kier molecular flexibility index (Phi) is 6.68. The fraction of sp³-hybridized carbons (Fsp3) is 0.500. The zero-order chi connectivity index (χ0) is 15.9. The van der Waals surface area contributed by atoms with Crippen LogP contribution in [0.15, 0.2) is 23.4 Å². The molecule has 0 bridgehead atoms. The molecular formula is C16H20Cl2N2O2. The molecule has 0 amide bonds. The molecule has 1 fully saturated rings. The number of ketones is 1. The third kappa shape index (κ3) is 4.97. The first-order valence-corrected chi connectivity index (χ1v) is 8.13. The minimum Gasteiger partial charge on any atom is -0.399 e. The van der Waals surface area contributed by atoms with Crippen LogP contribution in [0.4, 0.5) is 0 Å². The summed E-state index contributed by atoms with van der Waals surface area (Å²) >= 11 is 12.0. The molecule has 0 radical (unpaired) electrons. The Bertz CT molecular complexity index is 555. The first-order valence-electron chi connectivity index (χ1n) is 7.38. The lowest BCUT2D eigenvalue weighted by Gasteiger charge is -2.09. The molecule has 0 aromatic heterocycles. The maximum atomic E-state index is 12.1. The standard InChI is InChI=1S/C16H20Cl2N2O2/c1-22-20-16(12-2-4-14(17)15(18)9-12)5-3-13(21)8-11-6-7-19-10-11/h2,4,9,11,19H,3,5-8,10H2,1H3/b20-16+. The number of hydrogen-bond donors (Lipinski definition) is 1. The Balaban J connectivity index is 1.95. The summed E-state index contributed by atoms with van der Waals surface area (Å²) < 4.78 is 0. The minimum absolute atomic E-state index is 0.262. The zero-order valence-corrected chi connectivity index (χ0v) is 14.1. The fourth-order valence-corrected chi connectivity index (χ4v) is 2.90. The number of Topliss-reactive ketones (excluding diaryl/α,β-unsaturated/α-hetero) is 1. The molecule has 22 heavy (non-hydrogen) atoms. The van der Waals surface area contributed by atoms with Crippen molar-refractivity contribution in [2.24, 2.45) is 11.1 Å². The van der Waals surface area contributed by atoms with Crippen LogP contribution in [-0.2, 0) is 9.63 Å². The van der Waals surface area contributed by atoms with E-state index >= 15 is 0 Å². The molecule has 1 saturated heterocycles. The van der Waals surface area contributed by atoms with E-state index in [4.69, 9.17) is 28.0 Å². The summed E-state index contributed by atoms with van der Waals surface area (Å²) in [6.07, 6.45) is 2.70. The highest BCUT2D eigenvalue weighted by atomic mass is 35.5. The normalized spacial score (nSPS) is 18.5. The maximum absolute atomic E-state index is 12.1. The van der Waals surface area contributed by atoms with Gasteiger partial charge in [0.15, 0.2) is 0 Å². The Morgan fingerprint density at radius 2 is 2.18 bits per heavy atom. The summed E-state index contributed by atoms with van der Waals surface area (Å²) in [6, 6.07) is 5.29. The number of nitrogens with zero attached hydrogens (tertiary/aromatic N) is 1. The van der Waals surface area contributed by atoms with Gasteiger partial charge >= 0.3 is 0 Å². The Labute approximate surface area is 140 Å². The topological polar surface area (TPSA) is 50.7 Å². The van der Waals surface area contributed by atoms with Gasteiger partial charge in [-0.1, -0.05) is 34.4 Å². The molecule has 1 heterocycles. The zero-order valence-electron chi connectivity index (χ0n) is 12.6. The van der Waals surface area contributed by atoms with Gasteiger partial charge in [-0.05, 0) is 37.6 Å². The summed E-state index contributed by atoms with van der Waals surface area (Å²) in [7, 11) is 1.49. The lowest BCUT2D eigenvalue weighted by atomic mass is 9.97. The summed E-state index contributed by atoms with van der Waals surface area (Å²) in [4.78, 5) is 17.0. The smallest absolute Gasteiger partial charge is 0.133 e.